The summed E-state index contributed by atoms with van der Waals surface area (Å²) in [4.78, 5) is 14.8. The maximum atomic E-state index is 12.5. The average molecular weight is 315 g/mol. The van der Waals surface area contributed by atoms with Gasteiger partial charge in [-0.1, -0.05) is 0 Å². The van der Waals surface area contributed by atoms with Crippen molar-refractivity contribution in [2.75, 3.05) is 19.8 Å². The second kappa shape index (κ2) is 5.86. The highest BCUT2D eigenvalue weighted by atomic mass is 16.5. The number of amides is 1. The largest absolute Gasteiger partial charge is 0.468 e. The minimum Gasteiger partial charge on any atom is -0.468 e. The van der Waals surface area contributed by atoms with Crippen LogP contribution in [-0.4, -0.2) is 47.2 Å². The molecule has 0 aliphatic carbocycles. The zero-order chi connectivity index (χ0) is 15.8. The van der Waals surface area contributed by atoms with Crippen LogP contribution in [0.2, 0.25) is 0 Å². The molecule has 0 bridgehead atoms. The molecule has 0 unspecified atom stereocenters. The van der Waals surface area contributed by atoms with Crippen LogP contribution in [0, 0.1) is 5.92 Å². The number of furan rings is 1. The maximum absolute atomic E-state index is 12.5. The van der Waals surface area contributed by atoms with Crippen molar-refractivity contribution in [3.8, 4) is 0 Å². The first-order valence-corrected chi connectivity index (χ1v) is 7.99. The van der Waals surface area contributed by atoms with Crippen LogP contribution in [-0.2, 0) is 18.3 Å². The van der Waals surface area contributed by atoms with Gasteiger partial charge in [0.15, 0.2) is 0 Å². The van der Waals surface area contributed by atoms with Crippen molar-refractivity contribution in [1.29, 1.82) is 0 Å². The van der Waals surface area contributed by atoms with Crippen LogP contribution in [0.5, 0.6) is 0 Å². The first-order valence-electron chi connectivity index (χ1n) is 7.99. The predicted octanol–water partition coefficient (Wildman–Crippen LogP) is 1.25. The summed E-state index contributed by atoms with van der Waals surface area (Å²) in [5.74, 6) is 1.27. The molecule has 1 amide bonds. The number of hydrogen-bond donors (Lipinski definition) is 1. The monoisotopic (exact) mass is 315 g/mol. The van der Waals surface area contributed by atoms with E-state index in [4.69, 9.17) is 9.15 Å². The van der Waals surface area contributed by atoms with Crippen molar-refractivity contribution >= 4 is 5.91 Å². The van der Waals surface area contributed by atoms with Gasteiger partial charge in [0.2, 0.25) is 0 Å². The Labute approximate surface area is 135 Å². The second-order valence-electron chi connectivity index (χ2n) is 6.36. The first-order chi connectivity index (χ1) is 11.2. The van der Waals surface area contributed by atoms with E-state index in [2.05, 4.69) is 10.2 Å². The number of ether oxygens (including phenoxy) is 1. The molecule has 6 heteroatoms. The molecule has 0 saturated carbocycles. The van der Waals surface area contributed by atoms with Gasteiger partial charge in [-0.3, -0.25) is 9.69 Å². The summed E-state index contributed by atoms with van der Waals surface area (Å²) >= 11 is 0. The van der Waals surface area contributed by atoms with Crippen LogP contribution in [0.1, 0.15) is 16.2 Å². The first kappa shape index (κ1) is 14.5. The van der Waals surface area contributed by atoms with Gasteiger partial charge in [0.1, 0.15) is 11.5 Å². The molecule has 122 valence electrons. The fraction of sp³-hybridized carbons (Fsp3) is 0.471. The Morgan fingerprint density at radius 2 is 2.26 bits per heavy atom. The molecule has 2 saturated heterocycles. The summed E-state index contributed by atoms with van der Waals surface area (Å²) in [6.45, 7) is 3.02. The average Bonchev–Trinajstić information content (AvgIpc) is 3.28. The third-order valence-corrected chi connectivity index (χ3v) is 4.94. The third-order valence-electron chi connectivity index (χ3n) is 4.94. The number of carbonyl (C=O) groups excluding carboxylic acids is 1. The Morgan fingerprint density at radius 1 is 1.35 bits per heavy atom. The van der Waals surface area contributed by atoms with E-state index in [0.29, 0.717) is 24.3 Å². The predicted molar refractivity (Wildman–Crippen MR) is 83.9 cm³/mol. The van der Waals surface area contributed by atoms with Gasteiger partial charge < -0.3 is 19.0 Å². The van der Waals surface area contributed by atoms with Crippen molar-refractivity contribution in [3.63, 3.8) is 0 Å². The quantitative estimate of drug-likeness (QED) is 0.922. The number of nitrogens with zero attached hydrogens (tertiary/aromatic N) is 2. The van der Waals surface area contributed by atoms with Gasteiger partial charge in [-0.15, -0.1) is 0 Å². The molecular formula is C17H21N3O3. The van der Waals surface area contributed by atoms with E-state index in [1.807, 2.05) is 42.1 Å². The number of hydrogen-bond acceptors (Lipinski definition) is 4. The summed E-state index contributed by atoms with van der Waals surface area (Å²) in [6, 6.07) is 8.07. The molecule has 23 heavy (non-hydrogen) atoms. The number of likely N-dealkylation sites (tertiary alicyclic amines) is 1. The van der Waals surface area contributed by atoms with E-state index in [1.54, 1.807) is 6.26 Å². The maximum Gasteiger partial charge on any atom is 0.268 e. The Kier molecular flexibility index (Phi) is 3.71. The lowest BCUT2D eigenvalue weighted by Gasteiger charge is -2.20. The van der Waals surface area contributed by atoms with Gasteiger partial charge in [-0.2, -0.15) is 0 Å². The van der Waals surface area contributed by atoms with Crippen molar-refractivity contribution in [2.45, 2.75) is 18.6 Å². The van der Waals surface area contributed by atoms with Crippen LogP contribution < -0.4 is 5.32 Å². The lowest BCUT2D eigenvalue weighted by Crippen LogP contribution is -2.42. The summed E-state index contributed by atoms with van der Waals surface area (Å²) in [5.41, 5.74) is 0.685. The van der Waals surface area contributed by atoms with Crippen LogP contribution in [0.15, 0.2) is 41.1 Å². The van der Waals surface area contributed by atoms with Crippen LogP contribution in [0.25, 0.3) is 0 Å². The molecular weight excluding hydrogens is 294 g/mol. The number of fused-ring (bicyclic) bond motifs is 1. The van der Waals surface area contributed by atoms with E-state index >= 15 is 0 Å². The van der Waals surface area contributed by atoms with Crippen molar-refractivity contribution in [3.05, 3.63) is 48.2 Å². The Hall–Kier alpha value is -2.05. The minimum absolute atomic E-state index is 0.0204. The van der Waals surface area contributed by atoms with Crippen LogP contribution in [0.4, 0.5) is 0 Å². The molecule has 4 heterocycles. The molecule has 2 aliphatic heterocycles. The second-order valence-corrected chi connectivity index (χ2v) is 6.36. The third kappa shape index (κ3) is 2.68. The number of aromatic nitrogens is 1. The molecule has 2 aromatic rings. The molecule has 3 atom stereocenters. The lowest BCUT2D eigenvalue weighted by atomic mass is 10.00. The SMILES string of the molecule is Cn1cccc1C(=O)N[C@@H]1CN(Cc2ccco2)[C@@H]2COC[C@@H]21. The van der Waals surface area contributed by atoms with Gasteiger partial charge in [-0.25, -0.2) is 0 Å². The fourth-order valence-corrected chi connectivity index (χ4v) is 3.72. The number of carbonyl (C=O) groups is 1. The molecule has 0 spiro atoms. The van der Waals surface area contributed by atoms with E-state index < -0.39 is 0 Å². The van der Waals surface area contributed by atoms with E-state index in [0.717, 1.165) is 25.5 Å². The number of aryl methyl sites for hydroxylation is 1. The number of nitrogens with one attached hydrogen (secondary N) is 1. The van der Waals surface area contributed by atoms with E-state index in [1.165, 1.54) is 0 Å². The van der Waals surface area contributed by atoms with Gasteiger partial charge in [-0.05, 0) is 24.3 Å². The highest BCUT2D eigenvalue weighted by Crippen LogP contribution is 2.31. The Balaban J connectivity index is 1.46. The topological polar surface area (TPSA) is 59.6 Å². The highest BCUT2D eigenvalue weighted by Gasteiger charge is 2.46. The zero-order valence-electron chi connectivity index (χ0n) is 13.1. The van der Waals surface area contributed by atoms with Crippen LogP contribution in [0.3, 0.4) is 0 Å². The van der Waals surface area contributed by atoms with E-state index in [9.17, 15) is 4.79 Å². The smallest absolute Gasteiger partial charge is 0.268 e. The molecule has 2 aromatic heterocycles. The number of rotatable bonds is 4. The molecule has 4 rings (SSSR count). The normalized spacial score (nSPS) is 27.3. The Bertz CT molecular complexity index is 679. The summed E-state index contributed by atoms with van der Waals surface area (Å²) in [5, 5.41) is 3.19. The van der Waals surface area contributed by atoms with Gasteiger partial charge >= 0.3 is 0 Å². The summed E-state index contributed by atoms with van der Waals surface area (Å²) < 4.78 is 13.0. The Morgan fingerprint density at radius 3 is 3.00 bits per heavy atom. The van der Waals surface area contributed by atoms with Crippen molar-refractivity contribution in [2.24, 2.45) is 13.0 Å². The van der Waals surface area contributed by atoms with Gasteiger partial charge in [0.25, 0.3) is 5.91 Å². The van der Waals surface area contributed by atoms with Crippen molar-refractivity contribution < 1.29 is 13.9 Å². The van der Waals surface area contributed by atoms with E-state index in [-0.39, 0.29) is 11.9 Å². The standard InChI is InChI=1S/C17H21N3O3/c1-19-6-2-5-15(19)17(21)18-14-9-20(8-12-4-3-7-23-12)16-11-22-10-13(14)16/h2-7,13-14,16H,8-11H2,1H3,(H,18,21)/t13-,14-,16-/m1/s1. The van der Waals surface area contributed by atoms with Gasteiger partial charge in [0, 0.05) is 37.8 Å². The highest BCUT2D eigenvalue weighted by molar-refractivity contribution is 5.93. The van der Waals surface area contributed by atoms with Crippen LogP contribution >= 0.6 is 0 Å². The lowest BCUT2D eigenvalue weighted by molar-refractivity contribution is 0.0906. The molecule has 2 aliphatic rings. The molecule has 6 nitrogen and oxygen atoms in total. The fourth-order valence-electron chi connectivity index (χ4n) is 3.72. The molecule has 1 N–H and O–H groups in total. The summed E-state index contributed by atoms with van der Waals surface area (Å²) in [6.07, 6.45) is 3.58. The zero-order valence-corrected chi connectivity index (χ0v) is 13.1. The van der Waals surface area contributed by atoms with Gasteiger partial charge in [0.05, 0.1) is 26.0 Å². The minimum atomic E-state index is -0.0204. The molecule has 0 radical (unpaired) electrons. The van der Waals surface area contributed by atoms with Crippen molar-refractivity contribution in [1.82, 2.24) is 14.8 Å². The summed E-state index contributed by atoms with van der Waals surface area (Å²) in [7, 11) is 1.88. The molecule has 0 aromatic carbocycles. The molecule has 2 fully saturated rings.